The van der Waals surface area contributed by atoms with Crippen LogP contribution in [0.2, 0.25) is 0 Å². The second-order valence-electron chi connectivity index (χ2n) is 4.14. The molecule has 0 fully saturated rings. The van der Waals surface area contributed by atoms with Gasteiger partial charge in [-0.25, -0.2) is 0 Å². The van der Waals surface area contributed by atoms with Crippen LogP contribution in [0.1, 0.15) is 64.7 Å². The lowest BCUT2D eigenvalue weighted by Gasteiger charge is -2.00. The first-order valence-electron chi connectivity index (χ1n) is 6.55. The zero-order valence-electron chi connectivity index (χ0n) is 10.6. The Balaban J connectivity index is 2.89. The molecule has 0 aromatic carbocycles. The molecule has 1 heteroatoms. The number of unbranched alkanes of at least 4 members (excludes halogenated alkanes) is 7. The van der Waals surface area contributed by atoms with E-state index in [9.17, 15) is 0 Å². The van der Waals surface area contributed by atoms with E-state index >= 15 is 0 Å². The van der Waals surface area contributed by atoms with Crippen LogP contribution in [0.25, 0.3) is 0 Å². The van der Waals surface area contributed by atoms with Gasteiger partial charge in [-0.3, -0.25) is 0 Å². The molecule has 0 aliphatic carbocycles. The van der Waals surface area contributed by atoms with Crippen LogP contribution in [0.4, 0.5) is 0 Å². The Kier molecular flexibility index (Phi) is 13.4. The smallest absolute Gasteiger partial charge is 0.0462 e. The van der Waals surface area contributed by atoms with Crippen molar-refractivity contribution < 1.29 is 4.74 Å². The first kappa shape index (κ1) is 14.7. The van der Waals surface area contributed by atoms with Gasteiger partial charge in [-0.1, -0.05) is 51.2 Å². The van der Waals surface area contributed by atoms with Crippen LogP contribution in [0.5, 0.6) is 0 Å². The SMILES string of the molecule is CC/C=C\CCCCCCCCCOC. The van der Waals surface area contributed by atoms with Gasteiger partial charge < -0.3 is 4.74 Å². The van der Waals surface area contributed by atoms with Gasteiger partial charge in [-0.2, -0.15) is 0 Å². The third-order valence-electron chi connectivity index (χ3n) is 2.62. The topological polar surface area (TPSA) is 9.23 Å². The maximum absolute atomic E-state index is 5.02. The summed E-state index contributed by atoms with van der Waals surface area (Å²) in [6.07, 6.45) is 16.6. The van der Waals surface area contributed by atoms with Crippen LogP contribution in [0.15, 0.2) is 12.2 Å². The van der Waals surface area contributed by atoms with Crippen molar-refractivity contribution in [2.45, 2.75) is 64.7 Å². The molecular weight excluding hydrogens is 184 g/mol. The molecule has 0 atom stereocenters. The highest BCUT2D eigenvalue weighted by Gasteiger charge is 1.90. The van der Waals surface area contributed by atoms with Gasteiger partial charge in [-0.15, -0.1) is 0 Å². The normalized spacial score (nSPS) is 11.3. The van der Waals surface area contributed by atoms with E-state index in [2.05, 4.69) is 19.1 Å². The molecule has 0 amide bonds. The molecule has 0 saturated carbocycles. The predicted octanol–water partition coefficient (Wildman–Crippen LogP) is 4.72. The minimum atomic E-state index is 0.932. The highest BCUT2D eigenvalue weighted by molar-refractivity contribution is 4.79. The molecule has 90 valence electrons. The van der Waals surface area contributed by atoms with Crippen molar-refractivity contribution in [3.63, 3.8) is 0 Å². The molecule has 0 spiro atoms. The van der Waals surface area contributed by atoms with Crippen LogP contribution in [-0.4, -0.2) is 13.7 Å². The molecule has 0 saturated heterocycles. The fourth-order valence-electron chi connectivity index (χ4n) is 1.68. The summed E-state index contributed by atoms with van der Waals surface area (Å²) in [6, 6.07) is 0. The minimum Gasteiger partial charge on any atom is -0.385 e. The fraction of sp³-hybridized carbons (Fsp3) is 0.857. The predicted molar refractivity (Wildman–Crippen MR) is 68.2 cm³/mol. The van der Waals surface area contributed by atoms with Gasteiger partial charge in [0.2, 0.25) is 0 Å². The van der Waals surface area contributed by atoms with Crippen molar-refractivity contribution in [3.05, 3.63) is 12.2 Å². The second-order valence-corrected chi connectivity index (χ2v) is 4.14. The van der Waals surface area contributed by atoms with Crippen LogP contribution < -0.4 is 0 Å². The summed E-state index contributed by atoms with van der Waals surface area (Å²) in [5, 5.41) is 0. The number of hydrogen-bond acceptors (Lipinski definition) is 1. The highest BCUT2D eigenvalue weighted by atomic mass is 16.5. The Bertz CT molecular complexity index is 129. The summed E-state index contributed by atoms with van der Waals surface area (Å²) in [4.78, 5) is 0. The summed E-state index contributed by atoms with van der Waals surface area (Å²) >= 11 is 0. The Morgan fingerprint density at radius 3 is 2.00 bits per heavy atom. The average molecular weight is 212 g/mol. The Morgan fingerprint density at radius 2 is 1.40 bits per heavy atom. The van der Waals surface area contributed by atoms with Gasteiger partial charge in [-0.05, 0) is 25.7 Å². The number of ether oxygens (including phenoxy) is 1. The van der Waals surface area contributed by atoms with Crippen molar-refractivity contribution in [2.75, 3.05) is 13.7 Å². The third kappa shape index (κ3) is 13.7. The largest absolute Gasteiger partial charge is 0.385 e. The van der Waals surface area contributed by atoms with E-state index in [-0.39, 0.29) is 0 Å². The first-order valence-corrected chi connectivity index (χ1v) is 6.55. The fourth-order valence-corrected chi connectivity index (χ4v) is 1.68. The molecule has 0 aromatic rings. The van der Waals surface area contributed by atoms with Gasteiger partial charge in [0.05, 0.1) is 0 Å². The lowest BCUT2D eigenvalue weighted by Crippen LogP contribution is -1.88. The molecule has 0 rings (SSSR count). The number of hydrogen-bond donors (Lipinski definition) is 0. The molecule has 1 nitrogen and oxygen atoms in total. The maximum atomic E-state index is 5.02. The minimum absolute atomic E-state index is 0.932. The lowest BCUT2D eigenvalue weighted by atomic mass is 10.1. The maximum Gasteiger partial charge on any atom is 0.0462 e. The van der Waals surface area contributed by atoms with Crippen LogP contribution in [-0.2, 0) is 4.74 Å². The Morgan fingerprint density at radius 1 is 0.800 bits per heavy atom. The number of allylic oxidation sites excluding steroid dienone is 2. The molecule has 0 heterocycles. The summed E-state index contributed by atoms with van der Waals surface area (Å²) in [7, 11) is 1.78. The standard InChI is InChI=1S/C14H28O/c1-3-4-5-6-7-8-9-10-11-12-13-14-15-2/h4-5H,3,6-14H2,1-2H3/b5-4-. The monoisotopic (exact) mass is 212 g/mol. The zero-order valence-corrected chi connectivity index (χ0v) is 10.6. The zero-order chi connectivity index (χ0) is 11.2. The molecule has 0 N–H and O–H groups in total. The van der Waals surface area contributed by atoms with Gasteiger partial charge in [0, 0.05) is 13.7 Å². The first-order chi connectivity index (χ1) is 7.41. The summed E-state index contributed by atoms with van der Waals surface area (Å²) in [5.41, 5.74) is 0. The van der Waals surface area contributed by atoms with Gasteiger partial charge in [0.1, 0.15) is 0 Å². The van der Waals surface area contributed by atoms with Crippen LogP contribution in [0.3, 0.4) is 0 Å². The van der Waals surface area contributed by atoms with E-state index in [0.29, 0.717) is 0 Å². The molecular formula is C14H28O. The van der Waals surface area contributed by atoms with Crippen LogP contribution >= 0.6 is 0 Å². The average Bonchev–Trinajstić information content (AvgIpc) is 2.26. The van der Waals surface area contributed by atoms with E-state index < -0.39 is 0 Å². The van der Waals surface area contributed by atoms with Crippen molar-refractivity contribution in [2.24, 2.45) is 0 Å². The molecule has 15 heavy (non-hydrogen) atoms. The highest BCUT2D eigenvalue weighted by Crippen LogP contribution is 2.08. The van der Waals surface area contributed by atoms with Crippen molar-refractivity contribution in [3.8, 4) is 0 Å². The lowest BCUT2D eigenvalue weighted by molar-refractivity contribution is 0.192. The van der Waals surface area contributed by atoms with Crippen molar-refractivity contribution >= 4 is 0 Å². The Hall–Kier alpha value is -0.300. The summed E-state index contributed by atoms with van der Waals surface area (Å²) in [5.74, 6) is 0. The third-order valence-corrected chi connectivity index (χ3v) is 2.62. The molecule has 0 bridgehead atoms. The van der Waals surface area contributed by atoms with E-state index in [4.69, 9.17) is 4.74 Å². The second kappa shape index (κ2) is 13.7. The molecule has 0 aliphatic rings. The van der Waals surface area contributed by atoms with Gasteiger partial charge in [0.15, 0.2) is 0 Å². The Labute approximate surface area is 95.9 Å². The van der Waals surface area contributed by atoms with E-state index in [1.54, 1.807) is 7.11 Å². The van der Waals surface area contributed by atoms with Crippen molar-refractivity contribution in [1.82, 2.24) is 0 Å². The summed E-state index contributed by atoms with van der Waals surface area (Å²) in [6.45, 7) is 3.12. The van der Waals surface area contributed by atoms with E-state index in [1.165, 1.54) is 57.8 Å². The molecule has 0 radical (unpaired) electrons. The van der Waals surface area contributed by atoms with Crippen LogP contribution in [0, 0.1) is 0 Å². The van der Waals surface area contributed by atoms with Gasteiger partial charge >= 0.3 is 0 Å². The number of methoxy groups -OCH3 is 1. The number of rotatable bonds is 11. The van der Waals surface area contributed by atoms with Crippen molar-refractivity contribution in [1.29, 1.82) is 0 Å². The van der Waals surface area contributed by atoms with Gasteiger partial charge in [0.25, 0.3) is 0 Å². The van der Waals surface area contributed by atoms with E-state index in [1.807, 2.05) is 0 Å². The van der Waals surface area contributed by atoms with E-state index in [0.717, 1.165) is 6.61 Å². The summed E-state index contributed by atoms with van der Waals surface area (Å²) < 4.78 is 5.02. The quantitative estimate of drug-likeness (QED) is 0.356. The molecule has 0 unspecified atom stereocenters. The molecule has 0 aromatic heterocycles. The molecule has 0 aliphatic heterocycles.